The highest BCUT2D eigenvalue weighted by atomic mass is 16.5. The number of urea groups is 1. The fourth-order valence-corrected chi connectivity index (χ4v) is 3.20. The van der Waals surface area contributed by atoms with E-state index in [-0.39, 0.29) is 6.03 Å². The average Bonchev–Trinajstić information content (AvgIpc) is 2.71. The molecular formula is C22H29N3O3. The maximum absolute atomic E-state index is 12.6. The Morgan fingerprint density at radius 1 is 1.00 bits per heavy atom. The summed E-state index contributed by atoms with van der Waals surface area (Å²) in [5, 5.41) is 3.04. The summed E-state index contributed by atoms with van der Waals surface area (Å²) in [7, 11) is 1.65. The van der Waals surface area contributed by atoms with Crippen LogP contribution in [0.3, 0.4) is 0 Å². The predicted octanol–water partition coefficient (Wildman–Crippen LogP) is 3.54. The molecule has 0 spiro atoms. The second-order valence-corrected chi connectivity index (χ2v) is 7.10. The predicted molar refractivity (Wildman–Crippen MR) is 111 cm³/mol. The Bertz CT molecular complexity index is 784. The number of methoxy groups -OCH3 is 1. The average molecular weight is 383 g/mol. The van der Waals surface area contributed by atoms with Gasteiger partial charge in [-0.1, -0.05) is 12.1 Å². The summed E-state index contributed by atoms with van der Waals surface area (Å²) in [6, 6.07) is 13.7. The number of carbonyl (C=O) groups excluding carboxylic acids is 1. The van der Waals surface area contributed by atoms with Gasteiger partial charge in [-0.3, -0.25) is 4.90 Å². The smallest absolute Gasteiger partial charge is 0.321 e. The third-order valence-electron chi connectivity index (χ3n) is 5.03. The molecule has 2 aromatic rings. The Balaban J connectivity index is 1.40. The molecule has 1 heterocycles. The summed E-state index contributed by atoms with van der Waals surface area (Å²) < 4.78 is 10.9. The highest BCUT2D eigenvalue weighted by molar-refractivity contribution is 5.90. The van der Waals surface area contributed by atoms with Crippen LogP contribution in [0.2, 0.25) is 0 Å². The van der Waals surface area contributed by atoms with Gasteiger partial charge < -0.3 is 19.7 Å². The largest absolute Gasteiger partial charge is 0.497 e. The van der Waals surface area contributed by atoms with Crippen molar-refractivity contribution in [3.8, 4) is 11.5 Å². The molecule has 28 heavy (non-hydrogen) atoms. The molecule has 1 fully saturated rings. The topological polar surface area (TPSA) is 54.0 Å². The number of nitrogens with one attached hydrogen (secondary N) is 1. The SMILES string of the molecule is COc1ccc(OCCN2CCN(C(=O)Nc3cc(C)ccc3C)CC2)cc1. The maximum atomic E-state index is 12.6. The van der Waals surface area contributed by atoms with Crippen molar-refractivity contribution in [1.82, 2.24) is 9.80 Å². The van der Waals surface area contributed by atoms with E-state index in [0.29, 0.717) is 6.61 Å². The van der Waals surface area contributed by atoms with E-state index in [1.165, 1.54) is 0 Å². The third kappa shape index (κ3) is 5.39. The van der Waals surface area contributed by atoms with Gasteiger partial charge in [0.2, 0.25) is 0 Å². The number of piperazine rings is 1. The molecule has 1 aliphatic heterocycles. The number of nitrogens with zero attached hydrogens (tertiary/aromatic N) is 2. The molecule has 0 aliphatic carbocycles. The molecule has 0 saturated carbocycles. The number of carbonyl (C=O) groups is 1. The summed E-state index contributed by atoms with van der Waals surface area (Å²) in [6.45, 7) is 8.66. The summed E-state index contributed by atoms with van der Waals surface area (Å²) in [6.07, 6.45) is 0. The number of anilines is 1. The third-order valence-corrected chi connectivity index (χ3v) is 5.03. The van der Waals surface area contributed by atoms with Gasteiger partial charge in [-0.25, -0.2) is 4.79 Å². The molecule has 1 saturated heterocycles. The molecule has 6 nitrogen and oxygen atoms in total. The lowest BCUT2D eigenvalue weighted by molar-refractivity contribution is 0.132. The molecular weight excluding hydrogens is 354 g/mol. The molecule has 0 aromatic heterocycles. The second kappa shape index (κ2) is 9.46. The first-order chi connectivity index (χ1) is 13.5. The van der Waals surface area contributed by atoms with Crippen LogP contribution in [0.25, 0.3) is 0 Å². The van der Waals surface area contributed by atoms with Crippen LogP contribution in [0.15, 0.2) is 42.5 Å². The standard InChI is InChI=1S/C22H29N3O3/c1-17-4-5-18(2)21(16-17)23-22(26)25-12-10-24(11-13-25)14-15-28-20-8-6-19(27-3)7-9-20/h4-9,16H,10-15H2,1-3H3,(H,23,26). The van der Waals surface area contributed by atoms with Crippen molar-refractivity contribution in [3.05, 3.63) is 53.6 Å². The van der Waals surface area contributed by atoms with Gasteiger partial charge in [0.05, 0.1) is 7.11 Å². The Morgan fingerprint density at radius 2 is 1.68 bits per heavy atom. The van der Waals surface area contributed by atoms with E-state index in [4.69, 9.17) is 9.47 Å². The first-order valence-electron chi connectivity index (χ1n) is 9.67. The van der Waals surface area contributed by atoms with Gasteiger partial charge in [0.15, 0.2) is 0 Å². The fraction of sp³-hybridized carbons (Fsp3) is 0.409. The van der Waals surface area contributed by atoms with Crippen LogP contribution in [0.4, 0.5) is 10.5 Å². The van der Waals surface area contributed by atoms with Crippen LogP contribution in [0.5, 0.6) is 11.5 Å². The number of hydrogen-bond acceptors (Lipinski definition) is 4. The Labute approximate surface area is 167 Å². The van der Waals surface area contributed by atoms with Gasteiger partial charge in [0.1, 0.15) is 18.1 Å². The zero-order chi connectivity index (χ0) is 19.9. The Morgan fingerprint density at radius 3 is 2.36 bits per heavy atom. The van der Waals surface area contributed by atoms with Crippen molar-refractivity contribution < 1.29 is 14.3 Å². The van der Waals surface area contributed by atoms with Gasteiger partial charge in [-0.15, -0.1) is 0 Å². The molecule has 3 rings (SSSR count). The molecule has 2 amide bonds. The van der Waals surface area contributed by atoms with Crippen LogP contribution in [-0.2, 0) is 0 Å². The zero-order valence-electron chi connectivity index (χ0n) is 16.9. The summed E-state index contributed by atoms with van der Waals surface area (Å²) >= 11 is 0. The van der Waals surface area contributed by atoms with Crippen LogP contribution in [-0.4, -0.2) is 62.3 Å². The van der Waals surface area contributed by atoms with Crippen LogP contribution < -0.4 is 14.8 Å². The van der Waals surface area contributed by atoms with Gasteiger partial charge in [-0.2, -0.15) is 0 Å². The number of hydrogen-bond donors (Lipinski definition) is 1. The van der Waals surface area contributed by atoms with Crippen LogP contribution in [0.1, 0.15) is 11.1 Å². The molecule has 0 atom stereocenters. The van der Waals surface area contributed by atoms with Gasteiger partial charge in [0, 0.05) is 38.4 Å². The molecule has 6 heteroatoms. The molecule has 1 N–H and O–H groups in total. The van der Waals surface area contributed by atoms with E-state index in [0.717, 1.165) is 61.0 Å². The summed E-state index contributed by atoms with van der Waals surface area (Å²) in [5.41, 5.74) is 3.11. The summed E-state index contributed by atoms with van der Waals surface area (Å²) in [4.78, 5) is 16.8. The van der Waals surface area contributed by atoms with Crippen molar-refractivity contribution in [3.63, 3.8) is 0 Å². The lowest BCUT2D eigenvalue weighted by Crippen LogP contribution is -2.50. The van der Waals surface area contributed by atoms with Crippen molar-refractivity contribution in [2.45, 2.75) is 13.8 Å². The highest BCUT2D eigenvalue weighted by Gasteiger charge is 2.21. The second-order valence-electron chi connectivity index (χ2n) is 7.10. The molecule has 150 valence electrons. The van der Waals surface area contributed by atoms with Crippen LogP contribution in [0, 0.1) is 13.8 Å². The van der Waals surface area contributed by atoms with Crippen molar-refractivity contribution >= 4 is 11.7 Å². The van der Waals surface area contributed by atoms with E-state index in [1.807, 2.05) is 55.1 Å². The van der Waals surface area contributed by atoms with Gasteiger partial charge in [0.25, 0.3) is 0 Å². The van der Waals surface area contributed by atoms with E-state index in [2.05, 4.69) is 16.3 Å². The van der Waals surface area contributed by atoms with E-state index in [9.17, 15) is 4.79 Å². The van der Waals surface area contributed by atoms with Gasteiger partial charge >= 0.3 is 6.03 Å². The molecule has 0 radical (unpaired) electrons. The quantitative estimate of drug-likeness (QED) is 0.829. The fourth-order valence-electron chi connectivity index (χ4n) is 3.20. The molecule has 0 bridgehead atoms. The lowest BCUT2D eigenvalue weighted by Gasteiger charge is -2.34. The minimum Gasteiger partial charge on any atom is -0.497 e. The van der Waals surface area contributed by atoms with E-state index in [1.54, 1.807) is 7.11 Å². The number of aryl methyl sites for hydroxylation is 2. The van der Waals surface area contributed by atoms with Crippen molar-refractivity contribution in [2.75, 3.05) is 51.8 Å². The van der Waals surface area contributed by atoms with Crippen LogP contribution >= 0.6 is 0 Å². The monoisotopic (exact) mass is 383 g/mol. The lowest BCUT2D eigenvalue weighted by atomic mass is 10.1. The summed E-state index contributed by atoms with van der Waals surface area (Å²) in [5.74, 6) is 1.66. The minimum atomic E-state index is -0.0252. The first kappa shape index (κ1) is 20.0. The van der Waals surface area contributed by atoms with Crippen molar-refractivity contribution in [1.29, 1.82) is 0 Å². The van der Waals surface area contributed by atoms with Gasteiger partial charge in [-0.05, 0) is 55.3 Å². The molecule has 2 aromatic carbocycles. The number of ether oxygens (including phenoxy) is 2. The number of benzene rings is 2. The highest BCUT2D eigenvalue weighted by Crippen LogP contribution is 2.18. The Hall–Kier alpha value is -2.73. The van der Waals surface area contributed by atoms with Crippen molar-refractivity contribution in [2.24, 2.45) is 0 Å². The van der Waals surface area contributed by atoms with E-state index < -0.39 is 0 Å². The minimum absolute atomic E-state index is 0.0252. The molecule has 0 unspecified atom stereocenters. The molecule has 1 aliphatic rings. The zero-order valence-corrected chi connectivity index (χ0v) is 16.9. The normalized spacial score (nSPS) is 14.6. The Kier molecular flexibility index (Phi) is 6.76. The van der Waals surface area contributed by atoms with E-state index >= 15 is 0 Å². The maximum Gasteiger partial charge on any atom is 0.321 e. The number of rotatable bonds is 6. The first-order valence-corrected chi connectivity index (χ1v) is 9.67. The number of amides is 2.